The number of hydrogen-bond acceptors (Lipinski definition) is 3. The van der Waals surface area contributed by atoms with Crippen LogP contribution >= 0.6 is 0 Å². The second-order valence-electron chi connectivity index (χ2n) is 4.08. The van der Waals surface area contributed by atoms with Crippen LogP contribution in [0.25, 0.3) is 0 Å². The second-order valence-corrected chi connectivity index (χ2v) is 4.08. The van der Waals surface area contributed by atoms with Gasteiger partial charge in [-0.05, 0) is 18.9 Å². The van der Waals surface area contributed by atoms with Gasteiger partial charge in [0.1, 0.15) is 0 Å². The van der Waals surface area contributed by atoms with E-state index in [0.29, 0.717) is 13.2 Å². The Morgan fingerprint density at radius 3 is 2.72 bits per heavy atom. The SMILES string of the molecule is C=CCCN(CC(=O)OCC)Cc1ccccc1. The summed E-state index contributed by atoms with van der Waals surface area (Å²) in [6.45, 7) is 7.87. The van der Waals surface area contributed by atoms with Crippen LogP contribution in [-0.4, -0.2) is 30.6 Å². The maximum absolute atomic E-state index is 11.5. The van der Waals surface area contributed by atoms with E-state index < -0.39 is 0 Å². The van der Waals surface area contributed by atoms with E-state index in [2.05, 4.69) is 23.6 Å². The summed E-state index contributed by atoms with van der Waals surface area (Å²) in [6.07, 6.45) is 2.73. The Morgan fingerprint density at radius 1 is 1.39 bits per heavy atom. The Bertz CT molecular complexity index is 362. The zero-order valence-electron chi connectivity index (χ0n) is 11.0. The van der Waals surface area contributed by atoms with Crippen LogP contribution in [-0.2, 0) is 16.1 Å². The van der Waals surface area contributed by atoms with Crippen molar-refractivity contribution in [2.45, 2.75) is 19.9 Å². The zero-order valence-corrected chi connectivity index (χ0v) is 11.0. The molecule has 0 unspecified atom stereocenters. The van der Waals surface area contributed by atoms with Crippen molar-refractivity contribution in [1.29, 1.82) is 0 Å². The second kappa shape index (κ2) is 8.48. The Morgan fingerprint density at radius 2 is 2.11 bits per heavy atom. The highest BCUT2D eigenvalue weighted by Crippen LogP contribution is 2.05. The van der Waals surface area contributed by atoms with E-state index in [0.717, 1.165) is 19.5 Å². The van der Waals surface area contributed by atoms with E-state index in [1.165, 1.54) is 5.56 Å². The minimum Gasteiger partial charge on any atom is -0.465 e. The maximum atomic E-state index is 11.5. The highest BCUT2D eigenvalue weighted by atomic mass is 16.5. The summed E-state index contributed by atoms with van der Waals surface area (Å²) in [5.74, 6) is -0.169. The summed E-state index contributed by atoms with van der Waals surface area (Å²) >= 11 is 0. The molecule has 0 radical (unpaired) electrons. The molecule has 0 N–H and O–H groups in total. The quantitative estimate of drug-likeness (QED) is 0.522. The summed E-state index contributed by atoms with van der Waals surface area (Å²) in [7, 11) is 0. The molecule has 0 atom stereocenters. The van der Waals surface area contributed by atoms with Gasteiger partial charge in [0.05, 0.1) is 13.2 Å². The summed E-state index contributed by atoms with van der Waals surface area (Å²) in [6, 6.07) is 10.1. The number of carbonyl (C=O) groups is 1. The molecule has 0 aliphatic heterocycles. The zero-order chi connectivity index (χ0) is 13.2. The summed E-state index contributed by atoms with van der Waals surface area (Å²) in [5, 5.41) is 0. The smallest absolute Gasteiger partial charge is 0.320 e. The van der Waals surface area contributed by atoms with Crippen LogP contribution in [0.5, 0.6) is 0 Å². The fourth-order valence-electron chi connectivity index (χ4n) is 1.72. The molecule has 0 amide bonds. The van der Waals surface area contributed by atoms with Crippen molar-refractivity contribution in [3.8, 4) is 0 Å². The highest BCUT2D eigenvalue weighted by Gasteiger charge is 2.11. The molecule has 0 heterocycles. The van der Waals surface area contributed by atoms with E-state index in [1.54, 1.807) is 0 Å². The molecule has 0 aliphatic carbocycles. The van der Waals surface area contributed by atoms with Gasteiger partial charge in [0, 0.05) is 13.1 Å². The predicted molar refractivity (Wildman–Crippen MR) is 73.2 cm³/mol. The average molecular weight is 247 g/mol. The molecule has 0 fully saturated rings. The molecule has 18 heavy (non-hydrogen) atoms. The molecule has 0 saturated carbocycles. The van der Waals surface area contributed by atoms with Crippen LogP contribution in [0.3, 0.4) is 0 Å². The topological polar surface area (TPSA) is 29.5 Å². The molecule has 98 valence electrons. The molecule has 1 rings (SSSR count). The first-order valence-electron chi connectivity index (χ1n) is 6.29. The Hall–Kier alpha value is -1.61. The van der Waals surface area contributed by atoms with Crippen molar-refractivity contribution >= 4 is 5.97 Å². The largest absolute Gasteiger partial charge is 0.465 e. The van der Waals surface area contributed by atoms with Crippen molar-refractivity contribution in [3.05, 3.63) is 48.6 Å². The van der Waals surface area contributed by atoms with Crippen LogP contribution in [0.15, 0.2) is 43.0 Å². The summed E-state index contributed by atoms with van der Waals surface area (Å²) in [4.78, 5) is 13.6. The van der Waals surface area contributed by atoms with Gasteiger partial charge in [-0.2, -0.15) is 0 Å². The molecule has 0 bridgehead atoms. The lowest BCUT2D eigenvalue weighted by Gasteiger charge is -2.20. The normalized spacial score (nSPS) is 10.3. The van der Waals surface area contributed by atoms with E-state index in [1.807, 2.05) is 31.2 Å². The van der Waals surface area contributed by atoms with Crippen molar-refractivity contribution < 1.29 is 9.53 Å². The first-order valence-corrected chi connectivity index (χ1v) is 6.29. The monoisotopic (exact) mass is 247 g/mol. The fraction of sp³-hybridized carbons (Fsp3) is 0.400. The first kappa shape index (κ1) is 14.5. The lowest BCUT2D eigenvalue weighted by molar-refractivity contribution is -0.144. The van der Waals surface area contributed by atoms with E-state index in [4.69, 9.17) is 4.74 Å². The first-order chi connectivity index (χ1) is 8.76. The fourth-order valence-corrected chi connectivity index (χ4v) is 1.72. The molecule has 0 spiro atoms. The third-order valence-electron chi connectivity index (χ3n) is 2.56. The molecular formula is C15H21NO2. The lowest BCUT2D eigenvalue weighted by Crippen LogP contribution is -2.31. The minimum atomic E-state index is -0.169. The third-order valence-corrected chi connectivity index (χ3v) is 2.56. The number of benzene rings is 1. The van der Waals surface area contributed by atoms with Gasteiger partial charge in [-0.3, -0.25) is 9.69 Å². The van der Waals surface area contributed by atoms with Crippen molar-refractivity contribution in [2.24, 2.45) is 0 Å². The van der Waals surface area contributed by atoms with E-state index in [-0.39, 0.29) is 5.97 Å². The summed E-state index contributed by atoms with van der Waals surface area (Å²) < 4.78 is 4.98. The van der Waals surface area contributed by atoms with Gasteiger partial charge in [-0.1, -0.05) is 36.4 Å². The Labute approximate surface area is 109 Å². The maximum Gasteiger partial charge on any atom is 0.320 e. The van der Waals surface area contributed by atoms with Crippen molar-refractivity contribution in [1.82, 2.24) is 4.90 Å². The number of hydrogen-bond donors (Lipinski definition) is 0. The van der Waals surface area contributed by atoms with Crippen LogP contribution in [0.1, 0.15) is 18.9 Å². The van der Waals surface area contributed by atoms with E-state index >= 15 is 0 Å². The van der Waals surface area contributed by atoms with Crippen molar-refractivity contribution in [3.63, 3.8) is 0 Å². The van der Waals surface area contributed by atoms with Gasteiger partial charge in [-0.25, -0.2) is 0 Å². The molecule has 1 aromatic carbocycles. The number of carbonyl (C=O) groups excluding carboxylic acids is 1. The minimum absolute atomic E-state index is 0.169. The molecule has 0 saturated heterocycles. The lowest BCUT2D eigenvalue weighted by atomic mass is 10.2. The molecule has 0 aromatic heterocycles. The molecule has 1 aromatic rings. The van der Waals surface area contributed by atoms with Crippen LogP contribution in [0.4, 0.5) is 0 Å². The summed E-state index contributed by atoms with van der Waals surface area (Å²) in [5.41, 5.74) is 1.20. The number of rotatable bonds is 8. The number of esters is 1. The highest BCUT2D eigenvalue weighted by molar-refractivity contribution is 5.71. The molecular weight excluding hydrogens is 226 g/mol. The standard InChI is InChI=1S/C15H21NO2/c1-3-5-11-16(13-15(17)18-4-2)12-14-9-7-6-8-10-14/h3,6-10H,1,4-5,11-13H2,2H3. The predicted octanol–water partition coefficient (Wildman–Crippen LogP) is 2.63. The van der Waals surface area contributed by atoms with Gasteiger partial charge >= 0.3 is 5.97 Å². The Kier molecular flexibility index (Phi) is 6.81. The van der Waals surface area contributed by atoms with Crippen LogP contribution in [0, 0.1) is 0 Å². The van der Waals surface area contributed by atoms with Gasteiger partial charge < -0.3 is 4.74 Å². The molecule has 0 aliphatic rings. The van der Waals surface area contributed by atoms with Crippen LogP contribution in [0.2, 0.25) is 0 Å². The third kappa shape index (κ3) is 5.64. The average Bonchev–Trinajstić information content (AvgIpc) is 2.37. The van der Waals surface area contributed by atoms with E-state index in [9.17, 15) is 4.79 Å². The Balaban J connectivity index is 2.54. The van der Waals surface area contributed by atoms with Gasteiger partial charge in [0.25, 0.3) is 0 Å². The van der Waals surface area contributed by atoms with Gasteiger partial charge in [0.2, 0.25) is 0 Å². The van der Waals surface area contributed by atoms with Crippen LogP contribution < -0.4 is 0 Å². The van der Waals surface area contributed by atoms with Gasteiger partial charge in [0.15, 0.2) is 0 Å². The van der Waals surface area contributed by atoms with Gasteiger partial charge in [-0.15, -0.1) is 6.58 Å². The number of ether oxygens (including phenoxy) is 1. The number of nitrogens with zero attached hydrogens (tertiary/aromatic N) is 1. The molecule has 3 heteroatoms. The molecule has 3 nitrogen and oxygen atoms in total. The van der Waals surface area contributed by atoms with Crippen molar-refractivity contribution in [2.75, 3.05) is 19.7 Å².